The number of carboxylic acid groups (broad SMARTS) is 1. The number of carboxylic acids is 1. The molecule has 2 aromatic rings. The summed E-state index contributed by atoms with van der Waals surface area (Å²) >= 11 is 0. The first-order chi connectivity index (χ1) is 12.5. The molecule has 0 radical (unpaired) electrons. The molecule has 0 aliphatic rings. The standard InChI is InChI=1S/C19H19NO6/c1-25-19(24)16(10-18(22)23)20-15-9-14(11-21)7-8-17(15)26-12-13-5-3-2-4-6-13/h2-10,20-21H,11-12H2,1H3,(H,22,23)/p-1. The number of aliphatic hydroxyl groups excluding tert-OH is 1. The molecular formula is C19H18NO6-. The van der Waals surface area contributed by atoms with Crippen LogP contribution >= 0.6 is 0 Å². The Balaban J connectivity index is 2.29. The van der Waals surface area contributed by atoms with Crippen LogP contribution in [0.5, 0.6) is 5.75 Å². The minimum atomic E-state index is -1.55. The van der Waals surface area contributed by atoms with Gasteiger partial charge >= 0.3 is 5.97 Å². The maximum absolute atomic E-state index is 11.8. The van der Waals surface area contributed by atoms with Crippen LogP contribution in [0.15, 0.2) is 60.3 Å². The summed E-state index contributed by atoms with van der Waals surface area (Å²) in [7, 11) is 1.13. The molecule has 136 valence electrons. The number of carbonyl (C=O) groups excluding carboxylic acids is 2. The van der Waals surface area contributed by atoms with Crippen LogP contribution in [0.3, 0.4) is 0 Å². The average Bonchev–Trinajstić information content (AvgIpc) is 2.66. The van der Waals surface area contributed by atoms with Crippen LogP contribution in [0.4, 0.5) is 5.69 Å². The second-order valence-electron chi connectivity index (χ2n) is 5.26. The normalized spacial score (nSPS) is 10.9. The maximum atomic E-state index is 11.8. The number of carbonyl (C=O) groups is 2. The summed E-state index contributed by atoms with van der Waals surface area (Å²) in [6, 6.07) is 14.3. The molecule has 0 aliphatic heterocycles. The molecule has 0 heterocycles. The number of ether oxygens (including phenoxy) is 2. The Bertz CT molecular complexity index is 801. The summed E-state index contributed by atoms with van der Waals surface area (Å²) in [6.45, 7) is 0.0388. The molecule has 0 saturated heterocycles. The van der Waals surface area contributed by atoms with E-state index in [1.807, 2.05) is 30.3 Å². The number of methoxy groups -OCH3 is 1. The van der Waals surface area contributed by atoms with Gasteiger partial charge in [0.05, 0.1) is 25.4 Å². The Kier molecular flexibility index (Phi) is 6.75. The van der Waals surface area contributed by atoms with Crippen molar-refractivity contribution in [3.05, 3.63) is 71.4 Å². The minimum absolute atomic E-state index is 0.231. The Labute approximate surface area is 150 Å². The van der Waals surface area contributed by atoms with Gasteiger partial charge in [-0.05, 0) is 29.3 Å². The van der Waals surface area contributed by atoms with Crippen LogP contribution in [-0.4, -0.2) is 24.2 Å². The third kappa shape index (κ3) is 5.35. The van der Waals surface area contributed by atoms with Crippen molar-refractivity contribution in [2.45, 2.75) is 13.2 Å². The van der Waals surface area contributed by atoms with Gasteiger partial charge in [0.2, 0.25) is 0 Å². The highest BCUT2D eigenvalue weighted by molar-refractivity contribution is 5.98. The summed E-state index contributed by atoms with van der Waals surface area (Å²) < 4.78 is 10.3. The topological polar surface area (TPSA) is 108 Å². The van der Waals surface area contributed by atoms with Gasteiger partial charge in [-0.25, -0.2) is 4.79 Å². The van der Waals surface area contributed by atoms with E-state index >= 15 is 0 Å². The molecule has 2 aromatic carbocycles. The van der Waals surface area contributed by atoms with E-state index in [1.165, 1.54) is 0 Å². The molecule has 2 N–H and O–H groups in total. The Morgan fingerprint density at radius 2 is 1.88 bits per heavy atom. The fourth-order valence-corrected chi connectivity index (χ4v) is 2.15. The molecule has 0 spiro atoms. The SMILES string of the molecule is COC(=O)C(=CC(=O)[O-])Nc1cc(CO)ccc1OCc1ccccc1. The lowest BCUT2D eigenvalue weighted by Crippen LogP contribution is -2.23. The molecule has 0 fully saturated rings. The van der Waals surface area contributed by atoms with Gasteiger partial charge in [-0.2, -0.15) is 0 Å². The monoisotopic (exact) mass is 356 g/mol. The number of rotatable bonds is 8. The van der Waals surface area contributed by atoms with Gasteiger partial charge in [-0.1, -0.05) is 36.4 Å². The van der Waals surface area contributed by atoms with Crippen LogP contribution in [-0.2, 0) is 27.5 Å². The van der Waals surface area contributed by atoms with Gasteiger partial charge in [0.25, 0.3) is 0 Å². The summed E-state index contributed by atoms with van der Waals surface area (Å²) in [5.41, 5.74) is 1.47. The predicted octanol–water partition coefficient (Wildman–Crippen LogP) is 0.977. The molecule has 0 atom stereocenters. The number of anilines is 1. The lowest BCUT2D eigenvalue weighted by atomic mass is 10.2. The third-order valence-corrected chi connectivity index (χ3v) is 3.40. The predicted molar refractivity (Wildman–Crippen MR) is 91.9 cm³/mol. The zero-order valence-electron chi connectivity index (χ0n) is 14.1. The van der Waals surface area contributed by atoms with Crippen LogP contribution in [0.2, 0.25) is 0 Å². The summed E-state index contributed by atoms with van der Waals surface area (Å²) in [5.74, 6) is -2.06. The van der Waals surface area contributed by atoms with E-state index in [-0.39, 0.29) is 18.9 Å². The quantitative estimate of drug-likeness (QED) is 0.536. The van der Waals surface area contributed by atoms with Gasteiger partial charge in [0.1, 0.15) is 18.1 Å². The smallest absolute Gasteiger partial charge is 0.354 e. The van der Waals surface area contributed by atoms with Gasteiger partial charge in [-0.15, -0.1) is 0 Å². The number of esters is 1. The highest BCUT2D eigenvalue weighted by Gasteiger charge is 2.14. The molecule has 7 heteroatoms. The number of benzene rings is 2. The highest BCUT2D eigenvalue weighted by atomic mass is 16.5. The van der Waals surface area contributed by atoms with Crippen molar-refractivity contribution in [3.8, 4) is 5.75 Å². The number of hydrogen-bond donors (Lipinski definition) is 2. The largest absolute Gasteiger partial charge is 0.545 e. The Morgan fingerprint density at radius 3 is 2.50 bits per heavy atom. The molecule has 2 rings (SSSR count). The van der Waals surface area contributed by atoms with Crippen LogP contribution in [0, 0.1) is 0 Å². The van der Waals surface area contributed by atoms with Crippen molar-refractivity contribution < 1.29 is 29.3 Å². The second-order valence-corrected chi connectivity index (χ2v) is 5.26. The number of aliphatic carboxylic acids is 1. The van der Waals surface area contributed by atoms with E-state index in [2.05, 4.69) is 10.1 Å². The molecule has 0 aromatic heterocycles. The van der Waals surface area contributed by atoms with E-state index in [1.54, 1.807) is 18.2 Å². The van der Waals surface area contributed by atoms with Gasteiger partial charge in [0, 0.05) is 0 Å². The molecular weight excluding hydrogens is 338 g/mol. The average molecular weight is 356 g/mol. The zero-order valence-corrected chi connectivity index (χ0v) is 14.1. The van der Waals surface area contributed by atoms with Gasteiger partial charge in [-0.3, -0.25) is 0 Å². The Morgan fingerprint density at radius 1 is 1.15 bits per heavy atom. The molecule has 0 amide bonds. The highest BCUT2D eigenvalue weighted by Crippen LogP contribution is 2.28. The van der Waals surface area contributed by atoms with Gasteiger partial charge in [0.15, 0.2) is 0 Å². The lowest BCUT2D eigenvalue weighted by molar-refractivity contribution is -0.297. The lowest BCUT2D eigenvalue weighted by Gasteiger charge is -2.16. The van der Waals surface area contributed by atoms with Crippen LogP contribution in [0.1, 0.15) is 11.1 Å². The van der Waals surface area contributed by atoms with Crippen molar-refractivity contribution >= 4 is 17.6 Å². The number of nitrogens with one attached hydrogen (secondary N) is 1. The number of hydrogen-bond acceptors (Lipinski definition) is 7. The van der Waals surface area contributed by atoms with Crippen LogP contribution in [0.25, 0.3) is 0 Å². The van der Waals surface area contributed by atoms with Crippen molar-refractivity contribution in [2.75, 3.05) is 12.4 Å². The molecule has 0 bridgehead atoms. The molecule has 0 aliphatic carbocycles. The molecule has 0 unspecified atom stereocenters. The Hall–Kier alpha value is -3.32. The van der Waals surface area contributed by atoms with Crippen molar-refractivity contribution in [1.29, 1.82) is 0 Å². The van der Waals surface area contributed by atoms with Crippen molar-refractivity contribution in [3.63, 3.8) is 0 Å². The first kappa shape index (κ1) is 19.0. The van der Waals surface area contributed by atoms with E-state index in [0.29, 0.717) is 23.1 Å². The zero-order chi connectivity index (χ0) is 18.9. The van der Waals surface area contributed by atoms with E-state index in [0.717, 1.165) is 12.7 Å². The first-order valence-corrected chi connectivity index (χ1v) is 7.72. The molecule has 26 heavy (non-hydrogen) atoms. The summed E-state index contributed by atoms with van der Waals surface area (Å²) in [5, 5.41) is 22.8. The van der Waals surface area contributed by atoms with E-state index in [4.69, 9.17) is 4.74 Å². The van der Waals surface area contributed by atoms with Crippen molar-refractivity contribution in [1.82, 2.24) is 0 Å². The van der Waals surface area contributed by atoms with Gasteiger partial charge < -0.3 is 29.8 Å². The third-order valence-electron chi connectivity index (χ3n) is 3.40. The van der Waals surface area contributed by atoms with E-state index < -0.39 is 11.9 Å². The molecule has 0 saturated carbocycles. The molecule has 7 nitrogen and oxygen atoms in total. The fourth-order valence-electron chi connectivity index (χ4n) is 2.15. The summed E-state index contributed by atoms with van der Waals surface area (Å²) in [4.78, 5) is 22.6. The first-order valence-electron chi connectivity index (χ1n) is 7.72. The second kappa shape index (κ2) is 9.24. The van der Waals surface area contributed by atoms with Crippen molar-refractivity contribution in [2.24, 2.45) is 0 Å². The summed E-state index contributed by atoms with van der Waals surface area (Å²) in [6.07, 6.45) is 0.596. The van der Waals surface area contributed by atoms with E-state index in [9.17, 15) is 19.8 Å². The maximum Gasteiger partial charge on any atom is 0.354 e. The minimum Gasteiger partial charge on any atom is -0.545 e. The fraction of sp³-hybridized carbons (Fsp3) is 0.158. The number of aliphatic hydroxyl groups is 1. The van der Waals surface area contributed by atoms with Crippen LogP contribution < -0.4 is 15.2 Å².